The quantitative estimate of drug-likeness (QED) is 0.206. The van der Waals surface area contributed by atoms with Crippen LogP contribution < -0.4 is 16.0 Å². The Kier molecular flexibility index (Phi) is 28.3. The van der Waals surface area contributed by atoms with E-state index in [1.165, 1.54) is 57.0 Å². The van der Waals surface area contributed by atoms with Crippen molar-refractivity contribution in [1.29, 1.82) is 0 Å². The Morgan fingerprint density at radius 3 is 1.88 bits per heavy atom. The zero-order chi connectivity index (χ0) is 74.6. The van der Waals surface area contributed by atoms with Gasteiger partial charge in [-0.1, -0.05) is 52.9 Å². The van der Waals surface area contributed by atoms with Crippen LogP contribution in [0, 0.1) is 23.5 Å². The van der Waals surface area contributed by atoms with Gasteiger partial charge in [0.25, 0.3) is 0 Å². The molecule has 1 spiro atoms. The lowest BCUT2D eigenvalue weighted by molar-refractivity contribution is -0.158. The molecule has 100 heavy (non-hydrogen) atoms. The number of ether oxygens (including phenoxy) is 1. The smallest absolute Gasteiger partial charge is 0.422 e. The van der Waals surface area contributed by atoms with E-state index in [1.54, 1.807) is 34.6 Å². The normalized spacial score (nSPS) is 26.8. The van der Waals surface area contributed by atoms with Gasteiger partial charge in [0.15, 0.2) is 0 Å². The molecular formula is C68H101F5N12O15. The van der Waals surface area contributed by atoms with Gasteiger partial charge in [-0.15, -0.1) is 0 Å². The summed E-state index contributed by atoms with van der Waals surface area (Å²) in [5, 5.41) is 18.5. The number of carboxylic acid groups (broad SMARTS) is 1. The fraction of sp³-hybridized carbons (Fsp3) is 0.721. The van der Waals surface area contributed by atoms with Crippen LogP contribution in [-0.2, 0) is 79.7 Å². The summed E-state index contributed by atoms with van der Waals surface area (Å²) in [6.45, 7) is 6.19. The Morgan fingerprint density at radius 2 is 1.33 bits per heavy atom. The molecule has 0 radical (unpaired) electrons. The number of aliphatic carboxylic acids is 1. The molecule has 2 aliphatic carbocycles. The maximum Gasteiger partial charge on any atom is 0.422 e. The van der Waals surface area contributed by atoms with Crippen LogP contribution in [0.3, 0.4) is 0 Å². The number of likely N-dealkylation sites (N-methyl/N-ethyl adjacent to an activating group) is 7. The topological polar surface area (TPSA) is 317 Å². The van der Waals surface area contributed by atoms with E-state index >= 15 is 28.0 Å². The lowest BCUT2D eigenvalue weighted by Gasteiger charge is -2.47. The van der Waals surface area contributed by atoms with E-state index in [1.807, 2.05) is 0 Å². The second kappa shape index (κ2) is 35.0. The molecule has 10 atom stereocenters. The van der Waals surface area contributed by atoms with Crippen molar-refractivity contribution in [3.8, 4) is 0 Å². The summed E-state index contributed by atoms with van der Waals surface area (Å²) in [6.07, 6.45) is -4.97. The number of hydrogen-bond donors (Lipinski definition) is 4. The third kappa shape index (κ3) is 18.9. The minimum absolute atomic E-state index is 0.00708. The van der Waals surface area contributed by atoms with Gasteiger partial charge in [0.05, 0.1) is 32.0 Å². The van der Waals surface area contributed by atoms with E-state index in [0.29, 0.717) is 63.5 Å². The van der Waals surface area contributed by atoms with Crippen molar-refractivity contribution in [1.82, 2.24) is 60.0 Å². The number of carbonyl (C=O) groups is 13. The molecule has 5 aliphatic rings. The third-order valence-electron chi connectivity index (χ3n) is 20.6. The number of hydrogen-bond acceptors (Lipinski definition) is 14. The number of rotatable bonds is 13. The second-order valence-electron chi connectivity index (χ2n) is 27.5. The molecule has 3 saturated heterocycles. The minimum atomic E-state index is -5.44. The fourth-order valence-electron chi connectivity index (χ4n) is 14.5. The van der Waals surface area contributed by atoms with Gasteiger partial charge in [0.2, 0.25) is 70.9 Å². The molecule has 0 aromatic heterocycles. The number of nitrogens with one attached hydrogen (secondary N) is 3. The van der Waals surface area contributed by atoms with Gasteiger partial charge in [-0.3, -0.25) is 62.3 Å². The zero-order valence-electron chi connectivity index (χ0n) is 59.6. The molecule has 1 aromatic rings. The van der Waals surface area contributed by atoms with Crippen LogP contribution >= 0.6 is 0 Å². The summed E-state index contributed by atoms with van der Waals surface area (Å²) in [7, 11) is 9.37. The minimum Gasteiger partial charge on any atom is -0.481 e. The van der Waals surface area contributed by atoms with Crippen LogP contribution in [-0.4, -0.2) is 275 Å². The zero-order valence-corrected chi connectivity index (χ0v) is 59.6. The molecule has 2 saturated carbocycles. The second-order valence-corrected chi connectivity index (χ2v) is 27.5. The molecule has 2 bridgehead atoms. The third-order valence-corrected chi connectivity index (χ3v) is 20.6. The highest BCUT2D eigenvalue weighted by Crippen LogP contribution is 2.39. The van der Waals surface area contributed by atoms with Crippen LogP contribution in [0.2, 0.25) is 0 Å². The maximum atomic E-state index is 15.6. The molecule has 27 nitrogen and oxygen atoms in total. The number of benzene rings is 1. The highest BCUT2D eigenvalue weighted by Gasteiger charge is 2.54. The van der Waals surface area contributed by atoms with Crippen LogP contribution in [0.5, 0.6) is 0 Å². The monoisotopic (exact) mass is 1420 g/mol. The first kappa shape index (κ1) is 80.9. The first-order valence-electron chi connectivity index (χ1n) is 34.7. The van der Waals surface area contributed by atoms with Crippen molar-refractivity contribution in [3.05, 3.63) is 34.9 Å². The van der Waals surface area contributed by atoms with Crippen molar-refractivity contribution in [2.75, 3.05) is 88.7 Å². The number of aryl methyl sites for hydroxylation is 1. The molecular weight excluding hydrogens is 1320 g/mol. The maximum absolute atomic E-state index is 15.6. The molecule has 3 heterocycles. The summed E-state index contributed by atoms with van der Waals surface area (Å²) >= 11 is 0. The van der Waals surface area contributed by atoms with Crippen LogP contribution in [0.25, 0.3) is 0 Å². The van der Waals surface area contributed by atoms with Gasteiger partial charge in [0, 0.05) is 82.0 Å². The molecule has 4 N–H and O–H groups in total. The van der Waals surface area contributed by atoms with Crippen LogP contribution in [0.15, 0.2) is 12.1 Å². The Hall–Kier alpha value is -8.06. The van der Waals surface area contributed by atoms with E-state index in [-0.39, 0.29) is 70.3 Å². The first-order chi connectivity index (χ1) is 47.0. The number of fused-ring (bicyclic) bond motifs is 3. The highest BCUT2D eigenvalue weighted by molar-refractivity contribution is 6.01. The van der Waals surface area contributed by atoms with Crippen molar-refractivity contribution in [2.24, 2.45) is 11.8 Å². The fourth-order valence-corrected chi connectivity index (χ4v) is 14.5. The first-order valence-corrected chi connectivity index (χ1v) is 34.7. The largest absolute Gasteiger partial charge is 0.481 e. The molecule has 3 aliphatic heterocycles. The van der Waals surface area contributed by atoms with Crippen LogP contribution in [0.1, 0.15) is 155 Å². The Balaban J connectivity index is 1.47. The summed E-state index contributed by atoms with van der Waals surface area (Å²) in [5.41, 5.74) is -4.25. The van der Waals surface area contributed by atoms with Crippen molar-refractivity contribution in [3.63, 3.8) is 0 Å². The van der Waals surface area contributed by atoms with Crippen molar-refractivity contribution < 1.29 is 94.1 Å². The Morgan fingerprint density at radius 1 is 0.710 bits per heavy atom. The lowest BCUT2D eigenvalue weighted by atomic mass is 9.74. The molecule has 32 heteroatoms. The molecule has 1 aromatic carbocycles. The predicted octanol–water partition coefficient (Wildman–Crippen LogP) is 2.93. The van der Waals surface area contributed by atoms with Crippen LogP contribution in [0.4, 0.5) is 22.0 Å². The summed E-state index contributed by atoms with van der Waals surface area (Å²) in [4.78, 5) is 201. The number of amides is 12. The average Bonchev–Trinajstić information content (AvgIpc) is 1.21. The highest BCUT2D eigenvalue weighted by atomic mass is 19.4. The van der Waals surface area contributed by atoms with E-state index < -0.39 is 211 Å². The molecule has 5 fully saturated rings. The average molecular weight is 1420 g/mol. The van der Waals surface area contributed by atoms with E-state index in [0.717, 1.165) is 36.4 Å². The lowest BCUT2D eigenvalue weighted by Crippen LogP contribution is -2.68. The summed E-state index contributed by atoms with van der Waals surface area (Å²) in [6, 6.07) is -10.9. The van der Waals surface area contributed by atoms with E-state index in [2.05, 4.69) is 16.0 Å². The number of carboxylic acids is 1. The van der Waals surface area contributed by atoms with Crippen molar-refractivity contribution >= 4 is 76.9 Å². The molecule has 12 amide bonds. The number of halogens is 5. The van der Waals surface area contributed by atoms with E-state index in [9.17, 15) is 61.4 Å². The van der Waals surface area contributed by atoms with Crippen molar-refractivity contribution in [2.45, 2.75) is 216 Å². The number of carbonyl (C=O) groups excluding carboxylic acids is 12. The van der Waals surface area contributed by atoms with Gasteiger partial charge in [0.1, 0.15) is 71.1 Å². The number of nitrogens with zero attached hydrogens (tertiary/aromatic N) is 9. The van der Waals surface area contributed by atoms with Gasteiger partial charge in [-0.2, -0.15) is 13.2 Å². The van der Waals surface area contributed by atoms with E-state index in [4.69, 9.17) is 4.74 Å². The summed E-state index contributed by atoms with van der Waals surface area (Å²) in [5.74, 6) is -16.4. The Bertz CT molecular complexity index is 3180. The molecule has 0 unspecified atom stereocenters. The Labute approximate surface area is 580 Å². The molecule has 558 valence electrons. The van der Waals surface area contributed by atoms with Gasteiger partial charge < -0.3 is 69.9 Å². The van der Waals surface area contributed by atoms with Gasteiger partial charge >= 0.3 is 12.1 Å². The standard InChI is InChI=1S/C68H101F5N12O15/c1-13-39(5)56-64(97)79(9)38-53(88)81(11)47-25-18-17-21-30-84(63(47)96)50(35-54(89)90)62(95)78(8)37-51(86)74-45(27-26-40-31-43(69)55(44(70)32-40)68(71,72)73)60(93)85-36-42(100-16-4)33-48(85)59(92)76-67(28-22-29-67)66(99)82(12)57(41-23-19-20-24-41)65(98)83(15-3)49(61(94)77(6)7)34-52(87)80(10)46(14-2)58(91)75-56/h31-32,39,41-42,45-50,56-57H,13-30,33-38H2,1-12H3,(H,74,86)(H,75,91)(H,76,92)(H,89,90)/t39-,42+,45-,46-,47-,48-,49-,50-,56-,57-/m0/s1. The van der Waals surface area contributed by atoms with Gasteiger partial charge in [-0.25, -0.2) is 8.78 Å². The predicted molar refractivity (Wildman–Crippen MR) is 351 cm³/mol. The summed E-state index contributed by atoms with van der Waals surface area (Å²) < 4.78 is 77.4. The molecule has 6 rings (SSSR count). The SMILES string of the molecule is CCO[C@@H]1C[C@H]2C(=O)NC3(CCC3)C(=O)N(C)[C@@H](C3CCCC3)C(=O)N(CC)[C@H](C(=O)N(C)C)CC(=O)N(C)[C@@H](CC)C(=O)N[C@@H]([C@@H](C)CC)C(=O)N(C)CC(=O)N(C)[C@H]3CCCCCN(C3=O)[C@@H](CC(=O)O)C(=O)N(C)CC(=O)N[C@@H](CCc3cc(F)c(C(F)(F)F)c(F)c3)C(=O)N2C1. The van der Waals surface area contributed by atoms with Gasteiger partial charge in [-0.05, 0) is 108 Å². The number of alkyl halides is 3.